The van der Waals surface area contributed by atoms with Crippen LogP contribution in [0.3, 0.4) is 0 Å². The second kappa shape index (κ2) is 10.3. The van der Waals surface area contributed by atoms with Gasteiger partial charge in [0.1, 0.15) is 11.9 Å². The summed E-state index contributed by atoms with van der Waals surface area (Å²) in [7, 11) is 1.50. The van der Waals surface area contributed by atoms with Crippen LogP contribution in [-0.2, 0) is 9.59 Å². The van der Waals surface area contributed by atoms with Crippen molar-refractivity contribution in [3.8, 4) is 11.3 Å². The van der Waals surface area contributed by atoms with Crippen molar-refractivity contribution in [3.05, 3.63) is 35.5 Å². The van der Waals surface area contributed by atoms with E-state index in [0.29, 0.717) is 23.6 Å². The number of rotatable bonds is 6. The Labute approximate surface area is 198 Å². The van der Waals surface area contributed by atoms with Gasteiger partial charge in [-0.3, -0.25) is 19.1 Å². The van der Waals surface area contributed by atoms with Crippen LogP contribution in [0, 0.1) is 18.8 Å². The molecule has 0 saturated heterocycles. The molecule has 4 N–H and O–H groups in total. The number of carbonyl (C=O) groups is 3. The minimum absolute atomic E-state index is 0.0337. The smallest absolute Gasteiger partial charge is 0.273 e. The lowest BCUT2D eigenvalue weighted by atomic mass is 10.1. The van der Waals surface area contributed by atoms with Gasteiger partial charge in [-0.2, -0.15) is 5.10 Å². The first-order valence-electron chi connectivity index (χ1n) is 11.5. The van der Waals surface area contributed by atoms with Crippen LogP contribution in [0.5, 0.6) is 0 Å². The molecule has 1 fully saturated rings. The number of benzene rings is 1. The quantitative estimate of drug-likeness (QED) is 0.596. The number of halogens is 1. The summed E-state index contributed by atoms with van der Waals surface area (Å²) in [5.41, 5.74) is 7.87. The zero-order valence-electron chi connectivity index (χ0n) is 20.3. The normalized spacial score (nSPS) is 20.9. The van der Waals surface area contributed by atoms with Crippen molar-refractivity contribution in [3.63, 3.8) is 0 Å². The third-order valence-electron chi connectivity index (χ3n) is 5.87. The number of nitrogens with zero attached hydrogens (tertiary/aromatic N) is 3. The molecule has 0 bridgehead atoms. The average molecular weight is 473 g/mol. The molecular weight excluding hydrogens is 439 g/mol. The molecule has 0 spiro atoms. The fourth-order valence-corrected chi connectivity index (χ4v) is 3.80. The number of alkyl halides is 1. The highest BCUT2D eigenvalue weighted by atomic mass is 19.1. The van der Waals surface area contributed by atoms with Crippen LogP contribution < -0.4 is 16.4 Å². The number of carbonyl (C=O) groups excluding carboxylic acids is 3. The Kier molecular flexibility index (Phi) is 7.71. The van der Waals surface area contributed by atoms with E-state index in [-0.39, 0.29) is 42.8 Å². The van der Waals surface area contributed by atoms with Crippen LogP contribution in [0.15, 0.2) is 24.3 Å². The highest BCUT2D eigenvalue weighted by molar-refractivity contribution is 5.98. The van der Waals surface area contributed by atoms with Crippen molar-refractivity contribution in [1.29, 1.82) is 0 Å². The number of anilines is 1. The number of hydrogen-bond acceptors (Lipinski definition) is 5. The van der Waals surface area contributed by atoms with E-state index in [4.69, 9.17) is 0 Å². The van der Waals surface area contributed by atoms with Gasteiger partial charge in [-0.05, 0) is 45.0 Å². The second-order valence-corrected chi connectivity index (χ2v) is 8.99. The molecule has 1 aromatic carbocycles. The molecule has 3 atom stereocenters. The molecule has 0 radical (unpaired) electrons. The molecule has 1 aromatic heterocycles. The number of nitrogens with one attached hydrogen (secondary N) is 2. The van der Waals surface area contributed by atoms with Crippen LogP contribution >= 0.6 is 0 Å². The number of amides is 3. The molecule has 2 aliphatic rings. The van der Waals surface area contributed by atoms with Gasteiger partial charge in [-0.25, -0.2) is 4.39 Å². The molecule has 184 valence electrons. The van der Waals surface area contributed by atoms with Crippen LogP contribution in [0.2, 0.25) is 0 Å². The lowest BCUT2D eigenvalue weighted by molar-refractivity contribution is -0.123. The Morgan fingerprint density at radius 2 is 1.94 bits per heavy atom. The predicted octanol–water partition coefficient (Wildman–Crippen LogP) is 2.48. The monoisotopic (exact) mass is 472 g/mol. The summed E-state index contributed by atoms with van der Waals surface area (Å²) in [4.78, 5) is 38.8. The van der Waals surface area contributed by atoms with Gasteiger partial charge >= 0.3 is 0 Å². The Morgan fingerprint density at radius 1 is 1.26 bits per heavy atom. The summed E-state index contributed by atoms with van der Waals surface area (Å²) in [6.07, 6.45) is -0.826. The molecule has 2 heterocycles. The maximum absolute atomic E-state index is 13.1. The van der Waals surface area contributed by atoms with Crippen molar-refractivity contribution in [2.75, 3.05) is 25.6 Å². The van der Waals surface area contributed by atoms with Gasteiger partial charge in [0, 0.05) is 18.0 Å². The molecule has 1 saturated carbocycles. The summed E-state index contributed by atoms with van der Waals surface area (Å²) < 4.78 is 14.8. The van der Waals surface area contributed by atoms with E-state index in [1.807, 2.05) is 45.9 Å². The van der Waals surface area contributed by atoms with E-state index in [9.17, 15) is 18.8 Å². The van der Waals surface area contributed by atoms with E-state index in [2.05, 4.69) is 21.5 Å². The third kappa shape index (κ3) is 5.27. The SMILES string of the molecule is CN.Cc1ccc(-c2cc3n(n2)C(C)CN(CNC(=O)C2CC2F)C3=O)c(NC(=O)C(C)C)c1. The molecular formula is C24H33FN6O3. The molecule has 2 aromatic rings. The topological polar surface area (TPSA) is 122 Å². The van der Waals surface area contributed by atoms with Gasteiger partial charge in [-0.1, -0.05) is 26.0 Å². The van der Waals surface area contributed by atoms with Gasteiger partial charge in [-0.15, -0.1) is 0 Å². The minimum atomic E-state index is -1.07. The summed E-state index contributed by atoms with van der Waals surface area (Å²) in [5, 5.41) is 10.3. The Morgan fingerprint density at radius 3 is 2.56 bits per heavy atom. The molecule has 3 unspecified atom stereocenters. The van der Waals surface area contributed by atoms with Gasteiger partial charge in [0.15, 0.2) is 0 Å². The second-order valence-electron chi connectivity index (χ2n) is 8.99. The molecule has 10 heteroatoms. The fourth-order valence-electron chi connectivity index (χ4n) is 3.80. The summed E-state index contributed by atoms with van der Waals surface area (Å²) in [6, 6.07) is 7.30. The van der Waals surface area contributed by atoms with E-state index < -0.39 is 12.1 Å². The predicted molar refractivity (Wildman–Crippen MR) is 128 cm³/mol. The summed E-state index contributed by atoms with van der Waals surface area (Å²) >= 11 is 0. The number of aromatic nitrogens is 2. The lowest BCUT2D eigenvalue weighted by Crippen LogP contribution is -2.48. The Hall–Kier alpha value is -3.27. The Bertz CT molecular complexity index is 1080. The highest BCUT2D eigenvalue weighted by Crippen LogP contribution is 2.34. The maximum atomic E-state index is 13.1. The molecule has 1 aliphatic carbocycles. The van der Waals surface area contributed by atoms with Crippen LogP contribution in [0.25, 0.3) is 11.3 Å². The molecule has 3 amide bonds. The van der Waals surface area contributed by atoms with Gasteiger partial charge in [0.2, 0.25) is 11.8 Å². The summed E-state index contributed by atoms with van der Waals surface area (Å²) in [5.74, 6) is -1.48. The fraction of sp³-hybridized carbons (Fsp3) is 0.500. The zero-order chi connectivity index (χ0) is 25.2. The van der Waals surface area contributed by atoms with Crippen molar-refractivity contribution in [2.24, 2.45) is 17.6 Å². The van der Waals surface area contributed by atoms with Gasteiger partial charge in [0.05, 0.1) is 30.0 Å². The lowest BCUT2D eigenvalue weighted by Gasteiger charge is -2.31. The highest BCUT2D eigenvalue weighted by Gasteiger charge is 2.44. The van der Waals surface area contributed by atoms with Crippen molar-refractivity contribution < 1.29 is 18.8 Å². The van der Waals surface area contributed by atoms with Crippen molar-refractivity contribution in [2.45, 2.75) is 46.3 Å². The van der Waals surface area contributed by atoms with E-state index in [1.165, 1.54) is 11.9 Å². The van der Waals surface area contributed by atoms with Crippen molar-refractivity contribution in [1.82, 2.24) is 20.0 Å². The number of fused-ring (bicyclic) bond motifs is 1. The number of hydrogen-bond donors (Lipinski definition) is 3. The number of aryl methyl sites for hydroxylation is 1. The zero-order valence-corrected chi connectivity index (χ0v) is 20.3. The van der Waals surface area contributed by atoms with E-state index in [1.54, 1.807) is 10.7 Å². The summed E-state index contributed by atoms with van der Waals surface area (Å²) in [6.45, 7) is 7.94. The average Bonchev–Trinajstić information content (AvgIpc) is 3.37. The van der Waals surface area contributed by atoms with E-state index in [0.717, 1.165) is 11.1 Å². The standard InChI is InChI=1S/C23H28FN5O3.CH5N/c1-12(2)21(30)26-18-7-13(3)5-6-15(18)19-9-20-23(32)28(10-14(4)29(20)27-19)11-25-22(31)16-8-17(16)24;1-2/h5-7,9,12,14,16-17H,8,10-11H2,1-4H3,(H,25,31)(H,26,30);2H2,1H3. The van der Waals surface area contributed by atoms with Crippen LogP contribution in [-0.4, -0.2) is 58.8 Å². The molecule has 4 rings (SSSR count). The number of nitrogens with two attached hydrogens (primary N) is 1. The largest absolute Gasteiger partial charge is 0.338 e. The maximum Gasteiger partial charge on any atom is 0.273 e. The Balaban J connectivity index is 0.00000158. The van der Waals surface area contributed by atoms with Crippen LogP contribution in [0.4, 0.5) is 10.1 Å². The first-order valence-corrected chi connectivity index (χ1v) is 11.5. The molecule has 9 nitrogen and oxygen atoms in total. The third-order valence-corrected chi connectivity index (χ3v) is 5.87. The van der Waals surface area contributed by atoms with Crippen LogP contribution in [0.1, 0.15) is 49.3 Å². The van der Waals surface area contributed by atoms with E-state index >= 15 is 0 Å². The van der Waals surface area contributed by atoms with Gasteiger partial charge in [0.25, 0.3) is 5.91 Å². The minimum Gasteiger partial charge on any atom is -0.338 e. The van der Waals surface area contributed by atoms with Crippen molar-refractivity contribution >= 4 is 23.4 Å². The first-order chi connectivity index (χ1) is 16.2. The molecule has 1 aliphatic heterocycles. The molecule has 34 heavy (non-hydrogen) atoms. The first kappa shape index (κ1) is 25.4. The van der Waals surface area contributed by atoms with Gasteiger partial charge < -0.3 is 21.3 Å².